The van der Waals surface area contributed by atoms with Crippen molar-refractivity contribution in [2.45, 2.75) is 203 Å². The van der Waals surface area contributed by atoms with Crippen LogP contribution in [0.2, 0.25) is 0 Å². The lowest BCUT2D eigenvalue weighted by Crippen LogP contribution is -2.62. The van der Waals surface area contributed by atoms with Crippen LogP contribution in [0.3, 0.4) is 0 Å². The van der Waals surface area contributed by atoms with E-state index in [-0.39, 0.29) is 193 Å². The van der Waals surface area contributed by atoms with Gasteiger partial charge in [0.2, 0.25) is 65.0 Å². The summed E-state index contributed by atoms with van der Waals surface area (Å²) in [6.07, 6.45) is 0.00445. The van der Waals surface area contributed by atoms with E-state index in [0.29, 0.717) is 38.5 Å². The van der Waals surface area contributed by atoms with E-state index in [1.165, 1.54) is 0 Å². The van der Waals surface area contributed by atoms with Gasteiger partial charge in [0.1, 0.15) is 48.8 Å². The maximum atomic E-state index is 14.3. The summed E-state index contributed by atoms with van der Waals surface area (Å²) in [5.74, 6) is -19.5. The smallest absolute Gasteiger partial charge is 0.326 e. The molecular formula is C98H135N19O32. The number of nitrogens with one attached hydrogen (secondary N) is 12. The molecule has 149 heavy (non-hydrogen) atoms. The molecule has 2 saturated carbocycles. The number of fused-ring (bicyclic) bond motifs is 2. The molecule has 0 radical (unpaired) electrons. The maximum absolute atomic E-state index is 14.3. The topological polar surface area (TPSA) is 731 Å². The van der Waals surface area contributed by atoms with E-state index in [0.717, 1.165) is 47.4 Å². The number of hydrogen-bond acceptors (Lipinski definition) is 28. The monoisotopic (exact) mass is 2090 g/mol. The van der Waals surface area contributed by atoms with Crippen LogP contribution in [0, 0.1) is 17.8 Å². The van der Waals surface area contributed by atoms with Gasteiger partial charge in [-0.3, -0.25) is 101 Å². The fourth-order valence-corrected chi connectivity index (χ4v) is 17.7. The lowest BCUT2D eigenvalue weighted by molar-refractivity contribution is -0.159. The summed E-state index contributed by atoms with van der Waals surface area (Å²) >= 11 is 0. The number of carbonyl (C=O) groups excluding carboxylic acids is 15. The minimum Gasteiger partial charge on any atom is -0.481 e. The zero-order valence-electron chi connectivity index (χ0n) is 82.8. The van der Waals surface area contributed by atoms with Crippen LogP contribution in [0.1, 0.15) is 159 Å². The molecule has 4 aromatic rings. The van der Waals surface area contributed by atoms with Crippen molar-refractivity contribution in [1.29, 1.82) is 0 Å². The Morgan fingerprint density at radius 3 is 1.09 bits per heavy atom. The molecular weight excluding hydrogens is 1960 g/mol. The second-order valence-corrected chi connectivity index (χ2v) is 37.4. The van der Waals surface area contributed by atoms with E-state index >= 15 is 0 Å². The van der Waals surface area contributed by atoms with E-state index in [1.807, 2.05) is 84.9 Å². The Bertz CT molecular complexity index is 5100. The molecule has 0 spiro atoms. The van der Waals surface area contributed by atoms with E-state index in [9.17, 15) is 141 Å². The minimum absolute atomic E-state index is 0.0198. The number of amides is 15. The summed E-state index contributed by atoms with van der Waals surface area (Å²) in [6.45, 7) is -3.47. The molecule has 15 amide bonds. The number of carbonyl (C=O) groups is 23. The number of hydrogen-bond donors (Lipinski definition) is 20. The molecule has 51 nitrogen and oxygen atoms in total. The van der Waals surface area contributed by atoms with Crippen molar-refractivity contribution in [3.8, 4) is 0 Å². The third-order valence-corrected chi connectivity index (χ3v) is 26.1. The number of unbranched alkanes of at least 4 members (excludes halogenated alkanes) is 2. The summed E-state index contributed by atoms with van der Waals surface area (Å²) in [5, 5.41) is 110. The number of urea groups is 2. The molecule has 2 saturated heterocycles. The highest BCUT2D eigenvalue weighted by Gasteiger charge is 2.38. The number of Topliss-reactive ketones (excluding diaryl/α,β-unsaturated/α-hetero) is 1. The number of carboxylic acids is 8. The first-order valence-electron chi connectivity index (χ1n) is 49.6. The van der Waals surface area contributed by atoms with E-state index in [2.05, 4.69) is 63.8 Å². The quantitative estimate of drug-likeness (QED) is 0.0180. The maximum Gasteiger partial charge on any atom is 0.326 e. The van der Waals surface area contributed by atoms with Crippen LogP contribution < -0.4 is 63.8 Å². The van der Waals surface area contributed by atoms with Crippen molar-refractivity contribution in [2.24, 2.45) is 17.8 Å². The average Bonchev–Trinajstić information content (AvgIpc) is 0.826. The van der Waals surface area contributed by atoms with Crippen LogP contribution in [0.25, 0.3) is 21.5 Å². The van der Waals surface area contributed by atoms with Gasteiger partial charge >= 0.3 is 59.8 Å². The van der Waals surface area contributed by atoms with Gasteiger partial charge in [0.05, 0.1) is 59.3 Å². The fraction of sp³-hybridized carbons (Fsp3) is 0.561. The van der Waals surface area contributed by atoms with Gasteiger partial charge in [-0.25, -0.2) is 28.8 Å². The van der Waals surface area contributed by atoms with Crippen LogP contribution in [-0.2, 0) is 118 Å². The highest BCUT2D eigenvalue weighted by molar-refractivity contribution is 5.95. The first kappa shape index (κ1) is 119. The lowest BCUT2D eigenvalue weighted by atomic mass is 9.79. The Morgan fingerprint density at radius 1 is 0.349 bits per heavy atom. The summed E-state index contributed by atoms with van der Waals surface area (Å²) in [6, 6.07) is 15.2. The van der Waals surface area contributed by atoms with Crippen LogP contribution >= 0.6 is 0 Å². The Morgan fingerprint density at radius 2 is 0.705 bits per heavy atom. The van der Waals surface area contributed by atoms with Crippen LogP contribution in [0.5, 0.6) is 0 Å². The van der Waals surface area contributed by atoms with Gasteiger partial charge in [-0.15, -0.1) is 0 Å². The number of ether oxygens (including phenoxy) is 1. The number of nitrogens with zero attached hydrogens (tertiary/aromatic N) is 7. The number of benzene rings is 4. The first-order chi connectivity index (χ1) is 71.1. The zero-order chi connectivity index (χ0) is 109. The third-order valence-electron chi connectivity index (χ3n) is 26.1. The van der Waals surface area contributed by atoms with E-state index < -0.39 is 257 Å². The third kappa shape index (κ3) is 43.8. The fourth-order valence-electron chi connectivity index (χ4n) is 17.7. The minimum atomic E-state index is -1.61. The molecule has 0 bridgehead atoms. The van der Waals surface area contributed by atoms with E-state index in [4.69, 9.17) is 14.9 Å². The molecule has 0 aromatic heterocycles. The molecule has 814 valence electrons. The zero-order valence-corrected chi connectivity index (χ0v) is 82.8. The van der Waals surface area contributed by atoms with Gasteiger partial charge < -0.3 is 124 Å². The Hall–Kier alpha value is -15.2. The SMILES string of the molecule is O=COCN1CCN(CC(=O)O)CCN(CC(=O)O)CCN(CC(=O)NCC(=O)N2CN(C(=O)CNC(=O)CCC(=O)CC3CCC(C(=O)N[C@@H](Cc4ccc5ccccc5c4)C(=O)NCCCC[C@H](NC(=O)N[C@@H](CCC(=O)O)C(=O)O)C(=O)O)CC3)CN(C(=O)CNC(=O)CCC(=O)NC3CCC(C(=O)N[C@@H](Cc4ccc5ccccc5c4)C(=O)NCCCCC(NC(=O)N[C@@H](CCC(=O)O)C(=O)O)C(=O)O)CC3)C2)CC1. The second-order valence-electron chi connectivity index (χ2n) is 37.4. The van der Waals surface area contributed by atoms with Gasteiger partial charge in [0, 0.05) is 141 Å². The molecule has 20 N–H and O–H groups in total. The predicted octanol–water partition coefficient (Wildman–Crippen LogP) is -1.30. The number of carboxylic acid groups (broad SMARTS) is 8. The summed E-state index contributed by atoms with van der Waals surface area (Å²) in [7, 11) is 0. The van der Waals surface area contributed by atoms with Crippen molar-refractivity contribution >= 4 is 159 Å². The molecule has 8 rings (SSSR count). The van der Waals surface area contributed by atoms with Gasteiger partial charge in [-0.2, -0.15) is 0 Å². The van der Waals surface area contributed by atoms with Crippen molar-refractivity contribution in [3.05, 3.63) is 96.1 Å². The highest BCUT2D eigenvalue weighted by atomic mass is 16.5. The predicted molar refractivity (Wildman–Crippen MR) is 525 cm³/mol. The number of ketones is 1. The Kier molecular flexibility index (Phi) is 49.6. The second kappa shape index (κ2) is 62.1. The number of aliphatic carboxylic acids is 8. The molecule has 6 atom stereocenters. The average molecular weight is 2090 g/mol. The first-order valence-corrected chi connectivity index (χ1v) is 49.6. The van der Waals surface area contributed by atoms with Gasteiger partial charge in [-0.1, -0.05) is 84.9 Å². The van der Waals surface area contributed by atoms with Crippen LogP contribution in [0.4, 0.5) is 9.59 Å². The van der Waals surface area contributed by atoms with Crippen molar-refractivity contribution in [3.63, 3.8) is 0 Å². The van der Waals surface area contributed by atoms with Crippen LogP contribution in [0.15, 0.2) is 84.9 Å². The molecule has 2 aliphatic carbocycles. The van der Waals surface area contributed by atoms with Gasteiger partial charge in [0.25, 0.3) is 6.47 Å². The van der Waals surface area contributed by atoms with Crippen molar-refractivity contribution in [1.82, 2.24) is 98.1 Å². The lowest BCUT2D eigenvalue weighted by Gasteiger charge is -2.42. The highest BCUT2D eigenvalue weighted by Crippen LogP contribution is 2.33. The van der Waals surface area contributed by atoms with Crippen LogP contribution in [-0.4, -0.2) is 386 Å². The summed E-state index contributed by atoms with van der Waals surface area (Å²) in [5.41, 5.74) is 1.45. The molecule has 4 fully saturated rings. The summed E-state index contributed by atoms with van der Waals surface area (Å²) < 4.78 is 5.02. The molecule has 1 unspecified atom stereocenters. The van der Waals surface area contributed by atoms with E-state index in [1.54, 1.807) is 19.6 Å². The standard InChI is InChI=1S/C98H135N19O32/c118-60-149-59-114-43-41-111(37-38-112(54-87(131)132)39-40-113(42-44-114)55-88(133)134)53-81(123)103-52-84(126)117-57-115(82(124)50-101-78(120)30-27-71(119)47-61-15-21-66(22-16-61)89(135)105-76(48-62-17-19-64-9-1-3-11-68(64)45-62)91(137)99-35-7-5-13-72(93(139)140)107-97(147)109-74(95(143)144)28-33-85(127)128)56-116(58-117)83(125)51-102-79(121)31-32-80(122)104-70-25-23-67(24-26-70)90(136)106-77(49-63-18-20-65-10-2-4-12-69(65)46-63)92(138)100-36-8-6-14-73(94(141)142)108-98(148)110-75(96(145)146)29-34-86(129)130/h1-4,9-12,17-20,45-46,60-61,66-67,70,72-77H,5-8,13-16,21-44,47-59H2,(H,99,137)(H,100,138)(H,101,120)(H,102,121)(H,103,123)(H,104,122)(H,105,135)(H,106,136)(H,127,128)(H,129,130)(H,131,132)(H,133,134)(H,139,140)(H,141,142)(H,143,144)(H,145,146)(H2,107,109,147)(H2,108,110,148)/t61?,66?,67?,70?,72-,73?,74-,75-,76-,77-/m0/s1. The largest absolute Gasteiger partial charge is 0.481 e. The van der Waals surface area contributed by atoms with Crippen molar-refractivity contribution in [2.75, 3.05) is 131 Å². The Labute approximate surface area is 856 Å². The normalized spacial score (nSPS) is 17.7. The summed E-state index contributed by atoms with van der Waals surface area (Å²) in [4.78, 5) is 306. The van der Waals surface area contributed by atoms with Crippen molar-refractivity contribution < 1.29 is 156 Å². The molecule has 4 aromatic carbocycles. The van der Waals surface area contributed by atoms with Gasteiger partial charge in [0.15, 0.2) is 0 Å². The molecule has 2 heterocycles. The molecule has 4 aliphatic rings. The number of rotatable bonds is 58. The molecule has 2 aliphatic heterocycles. The Balaban J connectivity index is 0.827. The van der Waals surface area contributed by atoms with Gasteiger partial charge in [-0.05, 0) is 141 Å². The molecule has 51 heteroatoms.